The minimum absolute atomic E-state index is 0.0276. The van der Waals surface area contributed by atoms with Crippen LogP contribution in [0, 0.1) is 59.2 Å². The molecule has 3 saturated heterocycles. The summed E-state index contributed by atoms with van der Waals surface area (Å²) in [6.07, 6.45) is 3.76. The van der Waals surface area contributed by atoms with Gasteiger partial charge in [0.1, 0.15) is 11.1 Å². The molecule has 0 radical (unpaired) electrons. The maximum atomic E-state index is 15.4. The van der Waals surface area contributed by atoms with E-state index in [1.165, 1.54) is 0 Å². The fourth-order valence-electron chi connectivity index (χ4n) is 11.0. The number of hydrogen-bond donors (Lipinski definition) is 2. The first kappa shape index (κ1) is 37.6. The third-order valence-electron chi connectivity index (χ3n) is 12.6. The van der Waals surface area contributed by atoms with Gasteiger partial charge in [-0.15, -0.1) is 0 Å². The summed E-state index contributed by atoms with van der Waals surface area (Å²) in [5.41, 5.74) is -3.71. The molecule has 5 fully saturated rings. The molecule has 3 aliphatic heterocycles. The number of carbonyl (C=O) groups excluding carboxylic acids is 8. The van der Waals surface area contributed by atoms with Crippen LogP contribution in [0.15, 0.2) is 24.3 Å². The number of ether oxygens (including phenoxy) is 4. The third-order valence-corrected chi connectivity index (χ3v) is 12.6. The minimum atomic E-state index is -1.86. The van der Waals surface area contributed by atoms with Crippen molar-refractivity contribution in [3.8, 4) is 0 Å². The van der Waals surface area contributed by atoms with Gasteiger partial charge in [-0.25, -0.2) is 29.0 Å². The molecule has 3 heterocycles. The average molecular weight is 753 g/mol. The summed E-state index contributed by atoms with van der Waals surface area (Å²) in [6, 6.07) is 0. The van der Waals surface area contributed by atoms with Crippen LogP contribution in [0.4, 0.5) is 9.59 Å². The van der Waals surface area contributed by atoms with Gasteiger partial charge in [0.2, 0.25) is 24.0 Å². The molecule has 0 aromatic rings. The molecule has 54 heavy (non-hydrogen) atoms. The van der Waals surface area contributed by atoms with Crippen molar-refractivity contribution < 1.29 is 57.3 Å². The van der Waals surface area contributed by atoms with E-state index in [9.17, 15) is 28.8 Å². The molecule has 16 heteroatoms. The second-order valence-electron chi connectivity index (χ2n) is 16.7. The highest BCUT2D eigenvalue weighted by atomic mass is 16.6. The lowest BCUT2D eigenvalue weighted by atomic mass is 9.58. The number of imide groups is 2. The molecule has 0 spiro atoms. The molecule has 0 aromatic carbocycles. The number of methoxy groups -OCH3 is 2. The standard InChI is InChI=1S/C38H48N4O12/c1-17(2)13-37(33(47)41-15-23(31(45)51-5)53-35(41)49)27-21-9-10-22(12-21)28(27)38(14-18(3)4,34(48)42-16-24(32(46)52-6)54-36(42)50)40-30(44)26-20-8-7-19(11-20)25(26)29(43)39-37/h7-10,17-28H,11-16H2,1-6H3,(H,39,43)(H,40,44)/t19-,20+,21-,22+,23-,24-,25-,26-,27-,28-,37-,38-/m0/s1. The Kier molecular flexibility index (Phi) is 9.40. The van der Waals surface area contributed by atoms with Gasteiger partial charge in [-0.2, -0.15) is 0 Å². The highest BCUT2D eigenvalue weighted by molar-refractivity contribution is 6.06. The number of nitrogens with zero attached hydrogens (tertiary/aromatic N) is 2. The summed E-state index contributed by atoms with van der Waals surface area (Å²) in [7, 11) is 2.27. The Hall–Kier alpha value is -4.76. The Morgan fingerprint density at radius 1 is 0.667 bits per heavy atom. The maximum Gasteiger partial charge on any atom is 0.417 e. The summed E-state index contributed by atoms with van der Waals surface area (Å²) in [5, 5.41) is 6.36. The third kappa shape index (κ3) is 5.69. The van der Waals surface area contributed by atoms with Crippen molar-refractivity contribution >= 4 is 47.8 Å². The minimum Gasteiger partial charge on any atom is -0.466 e. The highest BCUT2D eigenvalue weighted by Gasteiger charge is 2.70. The summed E-state index contributed by atoms with van der Waals surface area (Å²) in [6.45, 7) is 6.60. The fourth-order valence-corrected chi connectivity index (χ4v) is 11.0. The lowest BCUT2D eigenvalue weighted by Crippen LogP contribution is -2.74. The van der Waals surface area contributed by atoms with E-state index in [0.29, 0.717) is 12.8 Å². The maximum absolute atomic E-state index is 15.4. The number of cyclic esters (lactones) is 2. The number of allylic oxidation sites excluding steroid dienone is 4. The van der Waals surface area contributed by atoms with E-state index in [4.69, 9.17) is 18.9 Å². The number of carbonyl (C=O) groups is 8. The van der Waals surface area contributed by atoms with Gasteiger partial charge < -0.3 is 29.6 Å². The number of amides is 6. The quantitative estimate of drug-likeness (QED) is 0.207. The second-order valence-corrected chi connectivity index (χ2v) is 16.7. The predicted molar refractivity (Wildman–Crippen MR) is 184 cm³/mol. The van der Waals surface area contributed by atoms with Gasteiger partial charge >= 0.3 is 24.1 Å². The summed E-state index contributed by atoms with van der Waals surface area (Å²) < 4.78 is 20.3. The van der Waals surface area contributed by atoms with Crippen LogP contribution in [-0.4, -0.2) is 108 Å². The second kappa shape index (κ2) is 13.5. The van der Waals surface area contributed by atoms with Crippen LogP contribution in [0.25, 0.3) is 0 Å². The SMILES string of the molecule is COC(=O)[C@@H]1CN(C(=O)[C@@]2(CC(C)C)NC(=O)[C@@H]3[C@@H](C(=O)N[C@](CC(C)C)(C(=O)N4C[C@@H](C(=O)OC)OC4=O)[C@@H]4[C@@H]2[C@@H]2C=C[C@H]4C2)[C@H]2C=C[C@@H]3C2)C(=O)O1. The molecule has 6 amide bonds. The normalized spacial score (nSPS) is 39.0. The molecule has 7 rings (SSSR count). The van der Waals surface area contributed by atoms with E-state index in [1.54, 1.807) is 0 Å². The summed E-state index contributed by atoms with van der Waals surface area (Å²) >= 11 is 0. The van der Waals surface area contributed by atoms with Crippen LogP contribution in [0.1, 0.15) is 53.4 Å². The van der Waals surface area contributed by atoms with Crippen LogP contribution in [0.2, 0.25) is 0 Å². The number of nitrogens with one attached hydrogen (secondary N) is 2. The molecular formula is C38H48N4O12. The Labute approximate surface area is 312 Å². The van der Waals surface area contributed by atoms with Crippen molar-refractivity contribution in [3.63, 3.8) is 0 Å². The molecule has 292 valence electrons. The van der Waals surface area contributed by atoms with Gasteiger partial charge in [-0.1, -0.05) is 52.0 Å². The first-order valence-electron chi connectivity index (χ1n) is 18.8. The smallest absolute Gasteiger partial charge is 0.417 e. The zero-order valence-electron chi connectivity index (χ0n) is 31.3. The monoisotopic (exact) mass is 752 g/mol. The number of hydrogen-bond acceptors (Lipinski definition) is 12. The topological polar surface area (TPSA) is 204 Å². The van der Waals surface area contributed by atoms with Crippen molar-refractivity contribution in [2.24, 2.45) is 59.2 Å². The lowest BCUT2D eigenvalue weighted by Gasteiger charge is -2.53. The Morgan fingerprint density at radius 2 is 1.02 bits per heavy atom. The van der Waals surface area contributed by atoms with Crippen molar-refractivity contribution in [3.05, 3.63) is 24.3 Å². The van der Waals surface area contributed by atoms with Crippen LogP contribution >= 0.6 is 0 Å². The van der Waals surface area contributed by atoms with Gasteiger partial charge in [0.25, 0.3) is 11.8 Å². The van der Waals surface area contributed by atoms with Crippen molar-refractivity contribution in [2.75, 3.05) is 27.3 Å². The molecule has 4 aliphatic carbocycles. The van der Waals surface area contributed by atoms with Crippen LogP contribution in [-0.2, 0) is 47.7 Å². The Balaban J connectivity index is 1.45. The molecule has 7 aliphatic rings. The zero-order chi connectivity index (χ0) is 39.0. The highest BCUT2D eigenvalue weighted by Crippen LogP contribution is 2.60. The number of rotatable bonds is 8. The molecule has 2 saturated carbocycles. The molecule has 4 bridgehead atoms. The molecule has 16 nitrogen and oxygen atoms in total. The van der Waals surface area contributed by atoms with Crippen LogP contribution in [0.3, 0.4) is 0 Å². The van der Waals surface area contributed by atoms with E-state index < -0.39 is 120 Å². The van der Waals surface area contributed by atoms with Gasteiger partial charge in [-0.3, -0.25) is 19.2 Å². The van der Waals surface area contributed by atoms with Crippen molar-refractivity contribution in [2.45, 2.75) is 76.7 Å². The van der Waals surface area contributed by atoms with Gasteiger partial charge in [0, 0.05) is 11.8 Å². The Morgan fingerprint density at radius 3 is 1.37 bits per heavy atom. The van der Waals surface area contributed by atoms with Gasteiger partial charge in [0.05, 0.1) is 39.1 Å². The molecular weight excluding hydrogens is 704 g/mol. The lowest BCUT2D eigenvalue weighted by molar-refractivity contribution is -0.156. The van der Waals surface area contributed by atoms with Crippen LogP contribution in [0.5, 0.6) is 0 Å². The van der Waals surface area contributed by atoms with Crippen LogP contribution < -0.4 is 10.6 Å². The fraction of sp³-hybridized carbons (Fsp3) is 0.684. The first-order chi connectivity index (χ1) is 25.6. The molecule has 0 aromatic heterocycles. The average Bonchev–Trinajstić information content (AvgIpc) is 3.98. The van der Waals surface area contributed by atoms with E-state index in [0.717, 1.165) is 24.0 Å². The molecule has 2 N–H and O–H groups in total. The van der Waals surface area contributed by atoms with E-state index >= 15 is 9.59 Å². The van der Waals surface area contributed by atoms with E-state index in [2.05, 4.69) is 10.6 Å². The van der Waals surface area contributed by atoms with Gasteiger partial charge in [-0.05, 0) is 61.2 Å². The zero-order valence-corrected chi connectivity index (χ0v) is 31.3. The largest absolute Gasteiger partial charge is 0.466 e. The predicted octanol–water partition coefficient (Wildman–Crippen LogP) is 1.72. The summed E-state index contributed by atoms with van der Waals surface area (Å²) in [5.74, 6) is -9.98. The number of esters is 2. The van der Waals surface area contributed by atoms with E-state index in [1.807, 2.05) is 52.0 Å². The summed E-state index contributed by atoms with van der Waals surface area (Å²) in [4.78, 5) is 114. The van der Waals surface area contributed by atoms with Crippen molar-refractivity contribution in [1.82, 2.24) is 20.4 Å². The van der Waals surface area contributed by atoms with E-state index in [-0.39, 0.29) is 36.5 Å². The van der Waals surface area contributed by atoms with Crippen molar-refractivity contribution in [1.29, 1.82) is 0 Å². The first-order valence-corrected chi connectivity index (χ1v) is 18.8. The van der Waals surface area contributed by atoms with Gasteiger partial charge in [0.15, 0.2) is 0 Å². The molecule has 0 unspecified atom stereocenters. The molecule has 12 atom stereocenters. The Bertz CT molecular complexity index is 1620. The number of fused-ring (bicyclic) bond motifs is 10.